The molecule has 10 rings (SSSR count). The van der Waals surface area contributed by atoms with Crippen LogP contribution in [0.5, 0.6) is 0 Å². The van der Waals surface area contributed by atoms with Gasteiger partial charge in [-0.3, -0.25) is 4.98 Å². The van der Waals surface area contributed by atoms with Gasteiger partial charge < -0.3 is 0 Å². The van der Waals surface area contributed by atoms with Gasteiger partial charge in [-0.15, -0.1) is 0 Å². The summed E-state index contributed by atoms with van der Waals surface area (Å²) in [5.41, 5.74) is 13.4. The third kappa shape index (κ3) is 5.84. The fourth-order valence-electron chi connectivity index (χ4n) is 7.79. The maximum Gasteiger partial charge on any atom is 0.164 e. The zero-order valence-electron chi connectivity index (χ0n) is 29.5. The molecule has 254 valence electrons. The summed E-state index contributed by atoms with van der Waals surface area (Å²) in [6.07, 6.45) is 8.58. The first-order chi connectivity index (χ1) is 26.7. The number of hydrogen-bond acceptors (Lipinski definition) is 4. The maximum absolute atomic E-state index is 5.13. The molecule has 0 N–H and O–H groups in total. The molecule has 1 aliphatic rings. The molecule has 4 heteroatoms. The highest BCUT2D eigenvalue weighted by molar-refractivity contribution is 5.99. The second-order valence-electron chi connectivity index (χ2n) is 13.8. The summed E-state index contributed by atoms with van der Waals surface area (Å²) in [4.78, 5) is 19.9. The number of fused-ring (bicyclic) bond motifs is 4. The zero-order chi connectivity index (χ0) is 35.8. The number of rotatable bonds is 6. The van der Waals surface area contributed by atoms with Gasteiger partial charge in [0.1, 0.15) is 0 Å². The minimum absolute atomic E-state index is 0.621. The normalized spacial score (nSPS) is 12.2. The Morgan fingerprint density at radius 3 is 1.78 bits per heavy atom. The van der Waals surface area contributed by atoms with Crippen LogP contribution < -0.4 is 0 Å². The predicted molar refractivity (Wildman–Crippen MR) is 223 cm³/mol. The van der Waals surface area contributed by atoms with E-state index in [1.54, 1.807) is 0 Å². The quantitative estimate of drug-likeness (QED) is 0.174. The molecular weight excluding hydrogens is 657 g/mol. The molecule has 0 bridgehead atoms. The number of para-hydroxylation sites is 1. The van der Waals surface area contributed by atoms with E-state index in [2.05, 4.69) is 114 Å². The first-order valence-corrected chi connectivity index (χ1v) is 18.4. The average molecular weight is 691 g/mol. The van der Waals surface area contributed by atoms with Gasteiger partial charge in [0.2, 0.25) is 0 Å². The molecule has 0 unspecified atom stereocenters. The summed E-state index contributed by atoms with van der Waals surface area (Å²) >= 11 is 0. The van der Waals surface area contributed by atoms with Crippen LogP contribution in [0.4, 0.5) is 0 Å². The van der Waals surface area contributed by atoms with E-state index in [1.165, 1.54) is 33.0 Å². The smallest absolute Gasteiger partial charge is 0.164 e. The van der Waals surface area contributed by atoms with Crippen LogP contribution in [0.15, 0.2) is 176 Å². The number of aromatic nitrogens is 4. The van der Waals surface area contributed by atoms with Crippen LogP contribution in [0.3, 0.4) is 0 Å². The van der Waals surface area contributed by atoms with Crippen molar-refractivity contribution in [3.8, 4) is 67.5 Å². The van der Waals surface area contributed by atoms with Crippen molar-refractivity contribution in [3.05, 3.63) is 187 Å². The van der Waals surface area contributed by atoms with E-state index in [0.29, 0.717) is 17.5 Å². The molecule has 7 aromatic carbocycles. The minimum atomic E-state index is 0.621. The molecule has 0 atom stereocenters. The van der Waals surface area contributed by atoms with E-state index in [-0.39, 0.29) is 0 Å². The highest BCUT2D eigenvalue weighted by atomic mass is 15.0. The summed E-state index contributed by atoms with van der Waals surface area (Å²) < 4.78 is 0. The molecule has 0 saturated carbocycles. The molecule has 9 aromatic rings. The van der Waals surface area contributed by atoms with Crippen molar-refractivity contribution in [1.82, 2.24) is 19.9 Å². The van der Waals surface area contributed by atoms with Gasteiger partial charge in [0.05, 0.1) is 5.52 Å². The van der Waals surface area contributed by atoms with Crippen LogP contribution in [0.25, 0.3) is 95.3 Å². The third-order valence-electron chi connectivity index (χ3n) is 10.4. The lowest BCUT2D eigenvalue weighted by Gasteiger charge is -2.19. The molecule has 54 heavy (non-hydrogen) atoms. The highest BCUT2D eigenvalue weighted by Crippen LogP contribution is 2.40. The number of pyridine rings is 1. The topological polar surface area (TPSA) is 51.6 Å². The van der Waals surface area contributed by atoms with Crippen LogP contribution in [0, 0.1) is 0 Å². The Bertz CT molecular complexity index is 2810. The summed E-state index contributed by atoms with van der Waals surface area (Å²) in [5, 5.41) is 3.67. The fourth-order valence-corrected chi connectivity index (χ4v) is 7.79. The van der Waals surface area contributed by atoms with E-state index < -0.39 is 0 Å². The lowest BCUT2D eigenvalue weighted by molar-refractivity contribution is 0.992. The van der Waals surface area contributed by atoms with Crippen molar-refractivity contribution in [2.45, 2.75) is 12.8 Å². The van der Waals surface area contributed by atoms with Crippen molar-refractivity contribution in [2.24, 2.45) is 0 Å². The standard InChI is InChI=1S/C50H34N4/c1-3-14-33(15-4-1)48-52-49(34-16-5-2-6-17-34)54-50(53-48)40-30-38(29-39(31-40)42-26-27-51-47-25-12-11-24-45(42)47)35-19-13-20-36(28-35)46-32-37-18-7-8-21-41(37)43-22-9-10-23-44(43)46/h1-9,11-22,24-32H,10,23H2. The molecule has 0 saturated heterocycles. The molecule has 0 amide bonds. The van der Waals surface area contributed by atoms with E-state index in [4.69, 9.17) is 15.0 Å². The Morgan fingerprint density at radius 1 is 0.407 bits per heavy atom. The Morgan fingerprint density at radius 2 is 1.00 bits per heavy atom. The Kier molecular flexibility index (Phi) is 7.92. The third-order valence-corrected chi connectivity index (χ3v) is 10.4. The van der Waals surface area contributed by atoms with Gasteiger partial charge in [-0.2, -0.15) is 0 Å². The minimum Gasteiger partial charge on any atom is -0.256 e. The van der Waals surface area contributed by atoms with Gasteiger partial charge in [0, 0.05) is 28.3 Å². The summed E-state index contributed by atoms with van der Waals surface area (Å²) in [7, 11) is 0. The Hall–Kier alpha value is -7.04. The number of allylic oxidation sites excluding steroid dienone is 1. The number of hydrogen-bond donors (Lipinski definition) is 0. The van der Waals surface area contributed by atoms with Gasteiger partial charge in [0.25, 0.3) is 0 Å². The van der Waals surface area contributed by atoms with Crippen LogP contribution in [0.1, 0.15) is 17.5 Å². The first kappa shape index (κ1) is 31.7. The molecule has 1 aliphatic carbocycles. The van der Waals surface area contributed by atoms with Crippen molar-refractivity contribution in [1.29, 1.82) is 0 Å². The van der Waals surface area contributed by atoms with E-state index in [9.17, 15) is 0 Å². The zero-order valence-corrected chi connectivity index (χ0v) is 29.5. The van der Waals surface area contributed by atoms with Crippen molar-refractivity contribution < 1.29 is 0 Å². The van der Waals surface area contributed by atoms with E-state index in [0.717, 1.165) is 62.7 Å². The van der Waals surface area contributed by atoms with Crippen LogP contribution in [0.2, 0.25) is 0 Å². The lowest BCUT2D eigenvalue weighted by Crippen LogP contribution is -2.00. The van der Waals surface area contributed by atoms with Crippen LogP contribution in [-0.2, 0) is 6.42 Å². The second kappa shape index (κ2) is 13.5. The molecule has 0 fully saturated rings. The average Bonchev–Trinajstić information content (AvgIpc) is 3.26. The van der Waals surface area contributed by atoms with E-state index >= 15 is 0 Å². The Balaban J connectivity index is 1.19. The summed E-state index contributed by atoms with van der Waals surface area (Å²) in [6.45, 7) is 0. The Labute approximate surface area is 314 Å². The fraction of sp³-hybridized carbons (Fsp3) is 0.0400. The molecular formula is C50H34N4. The molecule has 0 spiro atoms. The largest absolute Gasteiger partial charge is 0.256 e. The summed E-state index contributed by atoms with van der Waals surface area (Å²) in [5.74, 6) is 1.89. The highest BCUT2D eigenvalue weighted by Gasteiger charge is 2.18. The van der Waals surface area contributed by atoms with Crippen molar-refractivity contribution in [3.63, 3.8) is 0 Å². The molecule has 0 radical (unpaired) electrons. The van der Waals surface area contributed by atoms with Crippen molar-refractivity contribution in [2.75, 3.05) is 0 Å². The van der Waals surface area contributed by atoms with Crippen LogP contribution >= 0.6 is 0 Å². The molecule has 4 nitrogen and oxygen atoms in total. The van der Waals surface area contributed by atoms with Gasteiger partial charge in [0.15, 0.2) is 17.5 Å². The second-order valence-corrected chi connectivity index (χ2v) is 13.8. The molecule has 2 heterocycles. The summed E-state index contributed by atoms with van der Waals surface area (Å²) in [6, 6.07) is 57.5. The molecule has 2 aromatic heterocycles. The predicted octanol–water partition coefficient (Wildman–Crippen LogP) is 12.5. The maximum atomic E-state index is 5.13. The SMILES string of the molecule is C1=Cc2c(c(-c3cccc(-c4cc(-c5nc(-c6ccccc6)nc(-c6ccccc6)n5)cc(-c5ccnc6ccccc56)c4)c3)cc3ccccc23)CC1. The number of nitrogens with zero attached hydrogens (tertiary/aromatic N) is 4. The lowest BCUT2D eigenvalue weighted by atomic mass is 9.85. The van der Waals surface area contributed by atoms with E-state index in [1.807, 2.05) is 72.9 Å². The van der Waals surface area contributed by atoms with Crippen molar-refractivity contribution >= 4 is 27.8 Å². The number of benzene rings is 7. The van der Waals surface area contributed by atoms with Gasteiger partial charge in [-0.25, -0.2) is 15.0 Å². The van der Waals surface area contributed by atoms with Gasteiger partial charge in [-0.1, -0.05) is 133 Å². The van der Waals surface area contributed by atoms with Gasteiger partial charge in [-0.05, 0) is 111 Å². The monoisotopic (exact) mass is 690 g/mol. The van der Waals surface area contributed by atoms with Crippen LogP contribution in [-0.4, -0.2) is 19.9 Å². The van der Waals surface area contributed by atoms with Gasteiger partial charge >= 0.3 is 0 Å². The molecule has 0 aliphatic heterocycles. The first-order valence-electron chi connectivity index (χ1n) is 18.4.